The number of aliphatic imine (C=N–C) groups is 1. The van der Waals surface area contributed by atoms with Crippen LogP contribution < -0.4 is 16.0 Å². The lowest BCUT2D eigenvalue weighted by Crippen LogP contribution is -2.37. The minimum atomic E-state index is -0.000445. The molecule has 0 radical (unpaired) electrons. The van der Waals surface area contributed by atoms with Crippen LogP contribution in [-0.2, 0) is 6.54 Å². The summed E-state index contributed by atoms with van der Waals surface area (Å²) in [5.41, 5.74) is 1.95. The molecule has 1 aliphatic heterocycles. The molecule has 0 bridgehead atoms. The van der Waals surface area contributed by atoms with E-state index in [-0.39, 0.29) is 6.03 Å². The Morgan fingerprint density at radius 3 is 2.75 bits per heavy atom. The van der Waals surface area contributed by atoms with Gasteiger partial charge < -0.3 is 20.9 Å². The summed E-state index contributed by atoms with van der Waals surface area (Å²) < 4.78 is 0. The Labute approximate surface area is 143 Å². The maximum Gasteiger partial charge on any atom is 0.321 e. The van der Waals surface area contributed by atoms with Crippen molar-refractivity contribution in [3.8, 4) is 0 Å². The van der Waals surface area contributed by atoms with Crippen molar-refractivity contribution < 1.29 is 4.79 Å². The Morgan fingerprint density at radius 2 is 2.04 bits per heavy atom. The van der Waals surface area contributed by atoms with Crippen LogP contribution in [0.4, 0.5) is 10.5 Å². The normalized spacial score (nSPS) is 17.7. The van der Waals surface area contributed by atoms with E-state index in [0.29, 0.717) is 6.54 Å². The molecule has 2 amide bonds. The number of carbonyl (C=O) groups excluding carboxylic acids is 1. The van der Waals surface area contributed by atoms with Gasteiger partial charge in [-0.3, -0.25) is 4.99 Å². The molecule has 1 aromatic carbocycles. The molecule has 130 valence electrons. The van der Waals surface area contributed by atoms with Crippen LogP contribution in [0.15, 0.2) is 29.3 Å². The lowest BCUT2D eigenvalue weighted by Gasteiger charge is -2.17. The Morgan fingerprint density at radius 1 is 1.25 bits per heavy atom. The van der Waals surface area contributed by atoms with E-state index in [1.165, 1.54) is 12.8 Å². The second kappa shape index (κ2) is 8.04. The van der Waals surface area contributed by atoms with Gasteiger partial charge in [-0.1, -0.05) is 12.1 Å². The summed E-state index contributed by atoms with van der Waals surface area (Å²) in [6.45, 7) is 3.38. The van der Waals surface area contributed by atoms with Gasteiger partial charge in [0.05, 0.1) is 0 Å². The molecule has 1 aromatic rings. The van der Waals surface area contributed by atoms with E-state index in [1.54, 1.807) is 7.05 Å². The second-order valence-electron chi connectivity index (χ2n) is 6.57. The largest absolute Gasteiger partial charge is 0.356 e. The Kier molecular flexibility index (Phi) is 5.56. The monoisotopic (exact) mass is 329 g/mol. The summed E-state index contributed by atoms with van der Waals surface area (Å²) in [5, 5.41) is 9.66. The first-order chi connectivity index (χ1) is 11.7. The first kappa shape index (κ1) is 16.6. The van der Waals surface area contributed by atoms with Gasteiger partial charge in [0.15, 0.2) is 5.96 Å². The molecule has 1 heterocycles. The molecule has 6 heteroatoms. The van der Waals surface area contributed by atoms with Crippen LogP contribution in [0.2, 0.25) is 0 Å². The molecule has 0 unspecified atom stereocenters. The maximum absolute atomic E-state index is 12.2. The zero-order chi connectivity index (χ0) is 16.8. The summed E-state index contributed by atoms with van der Waals surface area (Å²) in [7, 11) is 1.79. The summed E-state index contributed by atoms with van der Waals surface area (Å²) in [5.74, 6) is 1.64. The van der Waals surface area contributed by atoms with Crippen LogP contribution in [-0.4, -0.2) is 43.6 Å². The molecule has 0 aromatic heterocycles. The highest BCUT2D eigenvalue weighted by molar-refractivity contribution is 5.89. The molecular weight excluding hydrogens is 302 g/mol. The van der Waals surface area contributed by atoms with E-state index >= 15 is 0 Å². The molecule has 6 nitrogen and oxygen atoms in total. The zero-order valence-electron chi connectivity index (χ0n) is 14.3. The third kappa shape index (κ3) is 4.88. The van der Waals surface area contributed by atoms with Crippen molar-refractivity contribution in [3.63, 3.8) is 0 Å². The number of carbonyl (C=O) groups is 1. The molecule has 0 atom stereocenters. The minimum absolute atomic E-state index is 0.000445. The molecule has 0 spiro atoms. The predicted octanol–water partition coefficient (Wildman–Crippen LogP) is 2.39. The third-order valence-corrected chi connectivity index (χ3v) is 4.51. The molecule has 24 heavy (non-hydrogen) atoms. The highest BCUT2D eigenvalue weighted by Crippen LogP contribution is 2.27. The van der Waals surface area contributed by atoms with Crippen molar-refractivity contribution in [2.45, 2.75) is 32.2 Å². The summed E-state index contributed by atoms with van der Waals surface area (Å²) in [6.07, 6.45) is 4.85. The second-order valence-corrected chi connectivity index (χ2v) is 6.57. The van der Waals surface area contributed by atoms with Gasteiger partial charge in [-0.05, 0) is 49.3 Å². The Bertz CT molecular complexity index is 591. The number of nitrogens with one attached hydrogen (secondary N) is 3. The van der Waals surface area contributed by atoms with Crippen molar-refractivity contribution in [3.05, 3.63) is 29.8 Å². The summed E-state index contributed by atoms with van der Waals surface area (Å²) in [4.78, 5) is 18.3. The first-order valence-electron chi connectivity index (χ1n) is 8.84. The number of nitrogens with zero attached hydrogens (tertiary/aromatic N) is 2. The van der Waals surface area contributed by atoms with Gasteiger partial charge in [-0.15, -0.1) is 0 Å². The highest BCUT2D eigenvalue weighted by Gasteiger charge is 2.21. The van der Waals surface area contributed by atoms with E-state index in [0.717, 1.165) is 55.6 Å². The van der Waals surface area contributed by atoms with Gasteiger partial charge in [0.25, 0.3) is 0 Å². The van der Waals surface area contributed by atoms with Crippen molar-refractivity contribution in [1.29, 1.82) is 0 Å². The topological polar surface area (TPSA) is 68.8 Å². The fourth-order valence-electron chi connectivity index (χ4n) is 2.85. The van der Waals surface area contributed by atoms with Crippen molar-refractivity contribution in [2.75, 3.05) is 32.0 Å². The number of likely N-dealkylation sites (tertiary alicyclic amines) is 1. The number of hydrogen-bond acceptors (Lipinski definition) is 2. The van der Waals surface area contributed by atoms with E-state index in [9.17, 15) is 4.79 Å². The predicted molar refractivity (Wildman–Crippen MR) is 97.2 cm³/mol. The minimum Gasteiger partial charge on any atom is -0.356 e. The number of guanidine groups is 1. The van der Waals surface area contributed by atoms with Gasteiger partial charge in [-0.25, -0.2) is 4.79 Å². The third-order valence-electron chi connectivity index (χ3n) is 4.51. The van der Waals surface area contributed by atoms with Gasteiger partial charge in [-0.2, -0.15) is 0 Å². The highest BCUT2D eigenvalue weighted by atomic mass is 16.2. The average molecular weight is 329 g/mol. The standard InChI is InChI=1S/C18H27N5O/c1-19-17(20-12-14-7-8-14)21-13-15-5-4-6-16(11-15)22-18(24)23-9-2-3-10-23/h4-6,11,14H,2-3,7-10,12-13H2,1H3,(H,22,24)(H2,19,20,21). The maximum atomic E-state index is 12.2. The van der Waals surface area contributed by atoms with Crippen molar-refractivity contribution in [1.82, 2.24) is 15.5 Å². The SMILES string of the molecule is CN=C(NCc1cccc(NC(=O)N2CCCC2)c1)NCC1CC1. The van der Waals surface area contributed by atoms with Gasteiger partial charge in [0, 0.05) is 38.9 Å². The van der Waals surface area contributed by atoms with Crippen LogP contribution in [0, 0.1) is 5.92 Å². The van der Waals surface area contributed by atoms with Crippen LogP contribution in [0.25, 0.3) is 0 Å². The van der Waals surface area contributed by atoms with Crippen LogP contribution in [0.3, 0.4) is 0 Å². The Balaban J connectivity index is 1.49. The van der Waals surface area contributed by atoms with Gasteiger partial charge in [0.1, 0.15) is 0 Å². The van der Waals surface area contributed by atoms with E-state index < -0.39 is 0 Å². The van der Waals surface area contributed by atoms with Crippen LogP contribution >= 0.6 is 0 Å². The molecule has 3 N–H and O–H groups in total. The van der Waals surface area contributed by atoms with E-state index in [4.69, 9.17) is 0 Å². The lowest BCUT2D eigenvalue weighted by atomic mass is 10.2. The zero-order valence-corrected chi connectivity index (χ0v) is 14.3. The number of rotatable bonds is 5. The average Bonchev–Trinajstić information content (AvgIpc) is 3.25. The van der Waals surface area contributed by atoms with Gasteiger partial charge in [0.2, 0.25) is 0 Å². The molecular formula is C18H27N5O. The van der Waals surface area contributed by atoms with Crippen LogP contribution in [0.5, 0.6) is 0 Å². The smallest absolute Gasteiger partial charge is 0.321 e. The molecule has 1 aliphatic carbocycles. The number of amides is 2. The van der Waals surface area contributed by atoms with E-state index in [1.807, 2.05) is 29.2 Å². The van der Waals surface area contributed by atoms with Crippen molar-refractivity contribution >= 4 is 17.7 Å². The Hall–Kier alpha value is -2.24. The summed E-state index contributed by atoms with van der Waals surface area (Å²) in [6, 6.07) is 7.95. The fraction of sp³-hybridized carbons (Fsp3) is 0.556. The molecule has 3 rings (SSSR count). The summed E-state index contributed by atoms with van der Waals surface area (Å²) >= 11 is 0. The molecule has 1 saturated heterocycles. The number of hydrogen-bond donors (Lipinski definition) is 3. The number of benzene rings is 1. The number of anilines is 1. The fourth-order valence-corrected chi connectivity index (χ4v) is 2.85. The number of urea groups is 1. The first-order valence-corrected chi connectivity index (χ1v) is 8.84. The van der Waals surface area contributed by atoms with Crippen molar-refractivity contribution in [2.24, 2.45) is 10.9 Å². The van der Waals surface area contributed by atoms with Crippen LogP contribution in [0.1, 0.15) is 31.2 Å². The molecule has 2 fully saturated rings. The van der Waals surface area contributed by atoms with E-state index in [2.05, 4.69) is 20.9 Å². The van der Waals surface area contributed by atoms with Gasteiger partial charge >= 0.3 is 6.03 Å². The molecule has 2 aliphatic rings. The molecule has 1 saturated carbocycles. The lowest BCUT2D eigenvalue weighted by molar-refractivity contribution is 0.222. The quantitative estimate of drug-likeness (QED) is 0.574.